The van der Waals surface area contributed by atoms with Gasteiger partial charge in [0.25, 0.3) is 0 Å². The lowest BCUT2D eigenvalue weighted by molar-refractivity contribution is -0.0966. The summed E-state index contributed by atoms with van der Waals surface area (Å²) in [5, 5.41) is 7.30. The molecule has 34 heavy (non-hydrogen) atoms. The molecule has 3 N–H and O–H groups in total. The minimum Gasteiger partial charge on any atom is -0.475 e. The number of carbonyl (C=O) groups is 1. The first-order chi connectivity index (χ1) is 16.3. The summed E-state index contributed by atoms with van der Waals surface area (Å²) in [7, 11) is 0. The number of benzene rings is 1. The van der Waals surface area contributed by atoms with E-state index in [2.05, 4.69) is 20.2 Å². The SMILES string of the molecule is Cc1ccc(NC(=O)ON2CCN(c3nc(N)nc4scc(C5=NC(C)(C)CO5)c34)CC2)cc1. The average molecular weight is 482 g/mol. The van der Waals surface area contributed by atoms with E-state index in [1.54, 1.807) is 5.06 Å². The Bertz CT molecular complexity index is 1250. The van der Waals surface area contributed by atoms with Crippen molar-refractivity contribution in [2.45, 2.75) is 26.3 Å². The van der Waals surface area contributed by atoms with Gasteiger partial charge in [-0.2, -0.15) is 4.98 Å². The van der Waals surface area contributed by atoms with Crippen molar-refractivity contribution in [1.29, 1.82) is 0 Å². The molecule has 0 bridgehead atoms. The first kappa shape index (κ1) is 22.4. The molecule has 1 aromatic carbocycles. The van der Waals surface area contributed by atoms with Crippen molar-refractivity contribution < 1.29 is 14.4 Å². The van der Waals surface area contributed by atoms with Gasteiger partial charge in [0.1, 0.15) is 17.3 Å². The van der Waals surface area contributed by atoms with Crippen LogP contribution in [0.5, 0.6) is 0 Å². The maximum atomic E-state index is 12.3. The van der Waals surface area contributed by atoms with Crippen molar-refractivity contribution in [2.75, 3.05) is 48.7 Å². The number of ether oxygens (including phenoxy) is 1. The summed E-state index contributed by atoms with van der Waals surface area (Å²) < 4.78 is 5.89. The van der Waals surface area contributed by atoms with E-state index in [0.29, 0.717) is 44.4 Å². The molecule has 2 aromatic heterocycles. The van der Waals surface area contributed by atoms with Gasteiger partial charge in [-0.25, -0.2) is 14.8 Å². The summed E-state index contributed by atoms with van der Waals surface area (Å²) in [5.74, 6) is 1.58. The zero-order valence-electron chi connectivity index (χ0n) is 19.4. The molecule has 0 radical (unpaired) electrons. The Morgan fingerprint density at radius 2 is 1.91 bits per heavy atom. The summed E-state index contributed by atoms with van der Waals surface area (Å²) in [5.41, 5.74) is 8.46. The largest absolute Gasteiger partial charge is 0.475 e. The molecule has 0 atom stereocenters. The molecule has 1 fully saturated rings. The van der Waals surface area contributed by atoms with E-state index in [1.807, 2.05) is 50.4 Å². The van der Waals surface area contributed by atoms with E-state index >= 15 is 0 Å². The number of nitrogen functional groups attached to an aromatic ring is 1. The molecular weight excluding hydrogens is 454 g/mol. The maximum absolute atomic E-state index is 12.3. The Kier molecular flexibility index (Phi) is 5.74. The number of hydrogen-bond acceptors (Lipinski definition) is 10. The van der Waals surface area contributed by atoms with Crippen LogP contribution >= 0.6 is 11.3 Å². The number of thiophene rings is 1. The van der Waals surface area contributed by atoms with Crippen molar-refractivity contribution in [3.8, 4) is 0 Å². The number of aliphatic imine (C=N–C) groups is 1. The number of nitrogens with one attached hydrogen (secondary N) is 1. The van der Waals surface area contributed by atoms with Gasteiger partial charge in [0.2, 0.25) is 11.8 Å². The molecule has 2 aliphatic heterocycles. The van der Waals surface area contributed by atoms with Gasteiger partial charge in [-0.05, 0) is 32.9 Å². The van der Waals surface area contributed by atoms with Crippen LogP contribution in [0.2, 0.25) is 0 Å². The Morgan fingerprint density at radius 1 is 1.18 bits per heavy atom. The summed E-state index contributed by atoms with van der Waals surface area (Å²) >= 11 is 1.50. The van der Waals surface area contributed by atoms with Crippen LogP contribution in [0.25, 0.3) is 10.2 Å². The third-order valence-electron chi connectivity index (χ3n) is 5.68. The number of hydroxylamine groups is 2. The van der Waals surface area contributed by atoms with Gasteiger partial charge in [-0.15, -0.1) is 16.4 Å². The molecule has 10 nitrogen and oxygen atoms in total. The van der Waals surface area contributed by atoms with Gasteiger partial charge < -0.3 is 20.2 Å². The highest BCUT2D eigenvalue weighted by Crippen LogP contribution is 2.35. The topological polar surface area (TPSA) is 118 Å². The lowest BCUT2D eigenvalue weighted by atomic mass is 10.1. The molecule has 11 heteroatoms. The number of aryl methyl sites for hydroxylation is 1. The van der Waals surface area contributed by atoms with Gasteiger partial charge >= 0.3 is 6.09 Å². The lowest BCUT2D eigenvalue weighted by Gasteiger charge is -2.34. The van der Waals surface area contributed by atoms with Crippen LogP contribution in [0.3, 0.4) is 0 Å². The van der Waals surface area contributed by atoms with Crippen molar-refractivity contribution >= 4 is 51.0 Å². The summed E-state index contributed by atoms with van der Waals surface area (Å²) in [4.78, 5) is 34.4. The molecule has 0 spiro atoms. The second-order valence-corrected chi connectivity index (χ2v) is 9.90. The Hall–Kier alpha value is -3.44. The predicted molar refractivity (Wildman–Crippen MR) is 133 cm³/mol. The molecular formula is C23H27N7O3S. The van der Waals surface area contributed by atoms with Gasteiger partial charge in [0.15, 0.2) is 0 Å². The summed E-state index contributed by atoms with van der Waals surface area (Å²) in [6.07, 6.45) is -0.509. The highest BCUT2D eigenvalue weighted by Gasteiger charge is 2.31. The lowest BCUT2D eigenvalue weighted by Crippen LogP contribution is -2.47. The fraction of sp³-hybridized carbons (Fsp3) is 0.391. The van der Waals surface area contributed by atoms with Crippen LogP contribution in [0.1, 0.15) is 25.0 Å². The summed E-state index contributed by atoms with van der Waals surface area (Å²) in [6.45, 7) is 8.87. The van der Waals surface area contributed by atoms with E-state index < -0.39 is 6.09 Å². The third-order valence-corrected chi connectivity index (χ3v) is 6.55. The zero-order chi connectivity index (χ0) is 23.9. The Labute approximate surface area is 201 Å². The Morgan fingerprint density at radius 3 is 2.59 bits per heavy atom. The molecule has 1 saturated heterocycles. The first-order valence-corrected chi connectivity index (χ1v) is 12.0. The van der Waals surface area contributed by atoms with Crippen LogP contribution in [0.15, 0.2) is 34.6 Å². The van der Waals surface area contributed by atoms with Gasteiger partial charge in [-0.1, -0.05) is 17.7 Å². The average Bonchev–Trinajstić information content (AvgIpc) is 3.38. The number of carbonyl (C=O) groups excluding carboxylic acids is 1. The van der Waals surface area contributed by atoms with Gasteiger partial charge in [-0.3, -0.25) is 5.32 Å². The van der Waals surface area contributed by atoms with E-state index in [-0.39, 0.29) is 11.5 Å². The number of nitrogens with zero attached hydrogens (tertiary/aromatic N) is 5. The molecule has 5 rings (SSSR count). The fourth-order valence-corrected chi connectivity index (χ4v) is 4.85. The number of fused-ring (bicyclic) bond motifs is 1. The summed E-state index contributed by atoms with van der Waals surface area (Å²) in [6, 6.07) is 7.56. The third kappa shape index (κ3) is 4.62. The normalized spacial score (nSPS) is 18.0. The highest BCUT2D eigenvalue weighted by molar-refractivity contribution is 7.17. The molecule has 2 aliphatic rings. The number of rotatable bonds is 4. The van der Waals surface area contributed by atoms with Crippen molar-refractivity contribution in [3.05, 3.63) is 40.8 Å². The van der Waals surface area contributed by atoms with Crippen LogP contribution in [-0.2, 0) is 9.57 Å². The van der Waals surface area contributed by atoms with Crippen LogP contribution in [-0.4, -0.2) is 65.3 Å². The Balaban J connectivity index is 1.29. The van der Waals surface area contributed by atoms with Gasteiger partial charge in [0, 0.05) is 24.2 Å². The fourth-order valence-electron chi connectivity index (χ4n) is 3.93. The number of nitrogens with two attached hydrogens (primary N) is 1. The van der Waals surface area contributed by atoms with E-state index in [1.165, 1.54) is 11.3 Å². The molecule has 0 aliphatic carbocycles. The van der Waals surface area contributed by atoms with E-state index in [9.17, 15) is 4.79 Å². The molecule has 178 valence electrons. The van der Waals surface area contributed by atoms with Crippen LogP contribution in [0, 0.1) is 6.92 Å². The van der Waals surface area contributed by atoms with Gasteiger partial charge in [0.05, 0.1) is 29.6 Å². The maximum Gasteiger partial charge on any atom is 0.430 e. The van der Waals surface area contributed by atoms with Crippen molar-refractivity contribution in [1.82, 2.24) is 15.0 Å². The number of anilines is 3. The smallest absolute Gasteiger partial charge is 0.430 e. The number of piperazine rings is 1. The molecule has 4 heterocycles. The van der Waals surface area contributed by atoms with E-state index in [4.69, 9.17) is 20.3 Å². The van der Waals surface area contributed by atoms with E-state index in [0.717, 1.165) is 27.2 Å². The second-order valence-electron chi connectivity index (χ2n) is 9.04. The quantitative estimate of drug-likeness (QED) is 0.582. The van der Waals surface area contributed by atoms with Crippen molar-refractivity contribution in [3.63, 3.8) is 0 Å². The zero-order valence-corrected chi connectivity index (χ0v) is 20.2. The number of hydrogen-bond donors (Lipinski definition) is 2. The number of amides is 1. The predicted octanol–water partition coefficient (Wildman–Crippen LogP) is 3.42. The van der Waals surface area contributed by atoms with Crippen molar-refractivity contribution in [2.24, 2.45) is 4.99 Å². The molecule has 0 unspecified atom stereocenters. The highest BCUT2D eigenvalue weighted by atomic mass is 32.1. The monoisotopic (exact) mass is 481 g/mol. The second kappa shape index (κ2) is 8.73. The molecule has 0 saturated carbocycles. The van der Waals surface area contributed by atoms with Crippen LogP contribution < -0.4 is 16.0 Å². The minimum absolute atomic E-state index is 0.224. The first-order valence-electron chi connectivity index (χ1n) is 11.1. The minimum atomic E-state index is -0.509. The number of aromatic nitrogens is 2. The molecule has 3 aromatic rings. The molecule has 1 amide bonds. The van der Waals surface area contributed by atoms with Crippen LogP contribution in [0.4, 0.5) is 22.2 Å². The standard InChI is InChI=1S/C23H27N7O3S/c1-14-4-6-15(7-5-14)25-22(31)33-30-10-8-29(9-11-30)18-17-16(19-28-23(2,3)13-32-19)12-34-20(17)27-21(24)26-18/h4-7,12H,8-11,13H2,1-3H3,(H,25,31)(H2,24,26,27).